The van der Waals surface area contributed by atoms with Crippen LogP contribution in [0.3, 0.4) is 0 Å². The van der Waals surface area contributed by atoms with Crippen LogP contribution in [-0.2, 0) is 11.2 Å². The number of aromatic nitrogens is 1. The highest BCUT2D eigenvalue weighted by Gasteiger charge is 2.32. The SMILES string of the molecule is Cc1ccc(C(=O)Nc2nc3c(s2)CCC3C(=O)NCCC(C)C)cc1. The van der Waals surface area contributed by atoms with Crippen molar-refractivity contribution in [1.29, 1.82) is 0 Å². The minimum absolute atomic E-state index is 0.0473. The molecular weight excluding hydrogens is 346 g/mol. The van der Waals surface area contributed by atoms with Crippen molar-refractivity contribution in [3.05, 3.63) is 46.0 Å². The Morgan fingerprint density at radius 3 is 2.69 bits per heavy atom. The molecule has 2 amide bonds. The number of amides is 2. The Labute approximate surface area is 158 Å². The summed E-state index contributed by atoms with van der Waals surface area (Å²) in [6.45, 7) is 6.97. The first-order chi connectivity index (χ1) is 12.4. The number of hydrogen-bond donors (Lipinski definition) is 2. The van der Waals surface area contributed by atoms with E-state index in [1.54, 1.807) is 12.1 Å². The molecule has 0 spiro atoms. The van der Waals surface area contributed by atoms with Crippen LogP contribution in [0.4, 0.5) is 5.13 Å². The molecule has 0 saturated heterocycles. The van der Waals surface area contributed by atoms with Gasteiger partial charge in [-0.25, -0.2) is 4.98 Å². The minimum Gasteiger partial charge on any atom is -0.356 e. The van der Waals surface area contributed by atoms with E-state index in [4.69, 9.17) is 0 Å². The molecular formula is C20H25N3O2S. The third-order valence-electron chi connectivity index (χ3n) is 4.59. The van der Waals surface area contributed by atoms with Crippen molar-refractivity contribution in [3.8, 4) is 0 Å². The number of nitrogens with zero attached hydrogens (tertiary/aromatic N) is 1. The van der Waals surface area contributed by atoms with Crippen molar-refractivity contribution >= 4 is 28.3 Å². The van der Waals surface area contributed by atoms with E-state index in [2.05, 4.69) is 29.5 Å². The Bertz CT molecular complexity index is 796. The first-order valence-electron chi connectivity index (χ1n) is 9.09. The average molecular weight is 372 g/mol. The molecule has 1 unspecified atom stereocenters. The van der Waals surface area contributed by atoms with Gasteiger partial charge < -0.3 is 5.32 Å². The molecule has 0 aliphatic heterocycles. The molecule has 1 aliphatic carbocycles. The van der Waals surface area contributed by atoms with Crippen molar-refractivity contribution in [1.82, 2.24) is 10.3 Å². The quantitative estimate of drug-likeness (QED) is 0.809. The van der Waals surface area contributed by atoms with Gasteiger partial charge >= 0.3 is 0 Å². The van der Waals surface area contributed by atoms with Gasteiger partial charge in [0.15, 0.2) is 5.13 Å². The Hall–Kier alpha value is -2.21. The second-order valence-corrected chi connectivity index (χ2v) is 8.30. The van der Waals surface area contributed by atoms with Gasteiger partial charge in [-0.05, 0) is 44.2 Å². The fourth-order valence-electron chi connectivity index (χ4n) is 3.02. The number of fused-ring (bicyclic) bond motifs is 1. The summed E-state index contributed by atoms with van der Waals surface area (Å²) >= 11 is 1.47. The van der Waals surface area contributed by atoms with Crippen LogP contribution in [0, 0.1) is 12.8 Å². The fourth-order valence-corrected chi connectivity index (χ4v) is 4.05. The van der Waals surface area contributed by atoms with E-state index in [1.165, 1.54) is 11.3 Å². The fraction of sp³-hybridized carbons (Fsp3) is 0.450. The van der Waals surface area contributed by atoms with Crippen LogP contribution >= 0.6 is 11.3 Å². The van der Waals surface area contributed by atoms with Crippen molar-refractivity contribution in [3.63, 3.8) is 0 Å². The number of hydrogen-bond acceptors (Lipinski definition) is 4. The highest BCUT2D eigenvalue weighted by atomic mass is 32.1. The van der Waals surface area contributed by atoms with Crippen molar-refractivity contribution in [2.24, 2.45) is 5.92 Å². The second-order valence-electron chi connectivity index (χ2n) is 7.21. The third kappa shape index (κ3) is 4.30. The van der Waals surface area contributed by atoms with Crippen LogP contribution in [0.5, 0.6) is 0 Å². The summed E-state index contributed by atoms with van der Waals surface area (Å²) in [6.07, 6.45) is 2.61. The summed E-state index contributed by atoms with van der Waals surface area (Å²) in [6, 6.07) is 7.43. The number of carbonyl (C=O) groups excluding carboxylic acids is 2. The average Bonchev–Trinajstić information content (AvgIpc) is 3.14. The van der Waals surface area contributed by atoms with Crippen molar-refractivity contribution in [2.75, 3.05) is 11.9 Å². The molecule has 0 radical (unpaired) electrons. The zero-order valence-corrected chi connectivity index (χ0v) is 16.3. The van der Waals surface area contributed by atoms with Crippen LogP contribution in [0.2, 0.25) is 0 Å². The molecule has 0 bridgehead atoms. The topological polar surface area (TPSA) is 71.1 Å². The van der Waals surface area contributed by atoms with Crippen LogP contribution < -0.4 is 10.6 Å². The summed E-state index contributed by atoms with van der Waals surface area (Å²) < 4.78 is 0. The molecule has 1 aromatic heterocycles. The number of thiazole rings is 1. The van der Waals surface area contributed by atoms with Crippen molar-refractivity contribution in [2.45, 2.75) is 46.0 Å². The molecule has 6 heteroatoms. The number of benzene rings is 1. The molecule has 1 atom stereocenters. The lowest BCUT2D eigenvalue weighted by Crippen LogP contribution is -2.30. The summed E-state index contributed by atoms with van der Waals surface area (Å²) in [4.78, 5) is 30.4. The maximum absolute atomic E-state index is 12.4. The van der Waals surface area contributed by atoms with E-state index in [0.717, 1.165) is 35.4 Å². The van der Waals surface area contributed by atoms with Crippen LogP contribution in [0.25, 0.3) is 0 Å². The Morgan fingerprint density at radius 2 is 2.00 bits per heavy atom. The molecule has 1 aliphatic rings. The van der Waals surface area contributed by atoms with Gasteiger partial charge in [0.25, 0.3) is 5.91 Å². The zero-order chi connectivity index (χ0) is 18.7. The monoisotopic (exact) mass is 371 g/mol. The molecule has 5 nitrogen and oxygen atoms in total. The standard InChI is InChI=1S/C20H25N3O2S/c1-12(2)10-11-21-19(25)15-8-9-16-17(15)22-20(26-16)23-18(24)14-6-4-13(3)5-7-14/h4-7,12,15H,8-11H2,1-3H3,(H,21,25)(H,22,23,24). The number of aryl methyl sites for hydroxylation is 2. The van der Waals surface area contributed by atoms with E-state index in [1.807, 2.05) is 19.1 Å². The van der Waals surface area contributed by atoms with E-state index in [9.17, 15) is 9.59 Å². The predicted molar refractivity (Wildman–Crippen MR) is 105 cm³/mol. The lowest BCUT2D eigenvalue weighted by Gasteiger charge is -2.11. The second kappa shape index (κ2) is 7.99. The lowest BCUT2D eigenvalue weighted by atomic mass is 10.1. The normalized spacial score (nSPS) is 15.8. The Kier molecular flexibility index (Phi) is 5.71. The first kappa shape index (κ1) is 18.6. The van der Waals surface area contributed by atoms with E-state index in [0.29, 0.717) is 23.2 Å². The molecule has 2 N–H and O–H groups in total. The zero-order valence-electron chi connectivity index (χ0n) is 15.5. The van der Waals surface area contributed by atoms with Crippen LogP contribution in [-0.4, -0.2) is 23.3 Å². The molecule has 26 heavy (non-hydrogen) atoms. The van der Waals surface area contributed by atoms with Gasteiger partial charge in [0.2, 0.25) is 5.91 Å². The number of carbonyl (C=O) groups is 2. The van der Waals surface area contributed by atoms with Gasteiger partial charge in [0.1, 0.15) is 0 Å². The predicted octanol–water partition coefficient (Wildman–Crippen LogP) is 3.90. The van der Waals surface area contributed by atoms with Gasteiger partial charge in [-0.3, -0.25) is 14.9 Å². The van der Waals surface area contributed by atoms with E-state index >= 15 is 0 Å². The van der Waals surface area contributed by atoms with E-state index in [-0.39, 0.29) is 17.7 Å². The minimum atomic E-state index is -0.196. The number of nitrogens with one attached hydrogen (secondary N) is 2. The molecule has 3 rings (SSSR count). The number of anilines is 1. The lowest BCUT2D eigenvalue weighted by molar-refractivity contribution is -0.122. The van der Waals surface area contributed by atoms with Crippen LogP contribution in [0.15, 0.2) is 24.3 Å². The molecule has 1 aromatic carbocycles. The maximum atomic E-state index is 12.4. The maximum Gasteiger partial charge on any atom is 0.257 e. The van der Waals surface area contributed by atoms with Gasteiger partial charge in [-0.1, -0.05) is 31.5 Å². The van der Waals surface area contributed by atoms with Crippen molar-refractivity contribution < 1.29 is 9.59 Å². The molecule has 0 saturated carbocycles. The Morgan fingerprint density at radius 1 is 1.27 bits per heavy atom. The van der Waals surface area contributed by atoms with E-state index < -0.39 is 0 Å². The Balaban J connectivity index is 1.64. The van der Waals surface area contributed by atoms with Gasteiger partial charge in [-0.15, -0.1) is 11.3 Å². The summed E-state index contributed by atoms with van der Waals surface area (Å²) in [5, 5.41) is 6.45. The summed E-state index contributed by atoms with van der Waals surface area (Å²) in [5.74, 6) is 0.247. The summed E-state index contributed by atoms with van der Waals surface area (Å²) in [5.41, 5.74) is 2.55. The highest BCUT2D eigenvalue weighted by molar-refractivity contribution is 7.16. The van der Waals surface area contributed by atoms with Gasteiger partial charge in [-0.2, -0.15) is 0 Å². The first-order valence-corrected chi connectivity index (χ1v) is 9.91. The largest absolute Gasteiger partial charge is 0.356 e. The molecule has 2 aromatic rings. The summed E-state index contributed by atoms with van der Waals surface area (Å²) in [7, 11) is 0. The third-order valence-corrected chi connectivity index (χ3v) is 5.64. The smallest absolute Gasteiger partial charge is 0.257 e. The van der Waals surface area contributed by atoms with Gasteiger partial charge in [0, 0.05) is 17.0 Å². The highest BCUT2D eigenvalue weighted by Crippen LogP contribution is 2.38. The molecule has 0 fully saturated rings. The molecule has 138 valence electrons. The van der Waals surface area contributed by atoms with Gasteiger partial charge in [0.05, 0.1) is 11.6 Å². The number of rotatable bonds is 6. The van der Waals surface area contributed by atoms with Crippen LogP contribution in [0.1, 0.15) is 59.1 Å². The molecule has 1 heterocycles.